The Bertz CT molecular complexity index is 747. The topological polar surface area (TPSA) is 0 Å². The molecule has 0 atom stereocenters. The molecule has 0 N–H and O–H groups in total. The molecule has 0 bridgehead atoms. The van der Waals surface area contributed by atoms with Crippen molar-refractivity contribution in [3.8, 4) is 22.3 Å². The maximum absolute atomic E-state index is 6.03. The molecule has 0 fully saturated rings. The lowest BCUT2D eigenvalue weighted by Gasteiger charge is -2.10. The average Bonchev–Trinajstić information content (AvgIpc) is 2.57. The summed E-state index contributed by atoms with van der Waals surface area (Å²) in [6.45, 7) is 8.16. The first-order valence-corrected chi connectivity index (χ1v) is 8.93. The van der Waals surface area contributed by atoms with E-state index in [9.17, 15) is 0 Å². The van der Waals surface area contributed by atoms with Crippen LogP contribution >= 0.6 is 23.2 Å². The van der Waals surface area contributed by atoms with Gasteiger partial charge in [-0.3, -0.25) is 0 Å². The van der Waals surface area contributed by atoms with Gasteiger partial charge in [-0.2, -0.15) is 0 Å². The Hall–Kier alpha value is -1.76. The molecule has 0 nitrogen and oxygen atoms in total. The molecule has 124 valence electrons. The van der Waals surface area contributed by atoms with E-state index in [2.05, 4.69) is 50.2 Å². The van der Waals surface area contributed by atoms with Gasteiger partial charge >= 0.3 is 0 Å². The second-order valence-electron chi connectivity index (χ2n) is 5.50. The Balaban J connectivity index is 0.00000100. The SMILES string of the molecule is CC.Cc1cc(Cl)ccc1-c1ccc(-c2ccc(Cl)cc2C)cc1. The summed E-state index contributed by atoms with van der Waals surface area (Å²) >= 11 is 12.1. The van der Waals surface area contributed by atoms with Crippen LogP contribution in [0, 0.1) is 13.8 Å². The number of benzene rings is 3. The molecular weight excluding hydrogens is 335 g/mol. The summed E-state index contributed by atoms with van der Waals surface area (Å²) in [5.74, 6) is 0. The third kappa shape index (κ3) is 4.20. The zero-order valence-electron chi connectivity index (χ0n) is 14.5. The van der Waals surface area contributed by atoms with Crippen LogP contribution in [0.3, 0.4) is 0 Å². The second-order valence-corrected chi connectivity index (χ2v) is 6.37. The van der Waals surface area contributed by atoms with Crippen LogP contribution in [0.2, 0.25) is 10.0 Å². The maximum atomic E-state index is 6.03. The molecule has 24 heavy (non-hydrogen) atoms. The van der Waals surface area contributed by atoms with Crippen LogP contribution in [0.25, 0.3) is 22.3 Å². The third-order valence-corrected chi connectivity index (χ3v) is 4.35. The van der Waals surface area contributed by atoms with Gasteiger partial charge in [0.25, 0.3) is 0 Å². The van der Waals surface area contributed by atoms with Crippen molar-refractivity contribution in [3.05, 3.63) is 81.8 Å². The molecule has 0 radical (unpaired) electrons. The van der Waals surface area contributed by atoms with Crippen molar-refractivity contribution in [2.75, 3.05) is 0 Å². The number of rotatable bonds is 2. The molecule has 0 saturated heterocycles. The number of hydrogen-bond acceptors (Lipinski definition) is 0. The second kappa shape index (κ2) is 8.37. The molecule has 0 aromatic heterocycles. The standard InChI is InChI=1S/C20H16Cl2.C2H6/c1-13-11-17(21)7-9-19(13)15-3-5-16(6-4-15)20-10-8-18(22)12-14(20)2;1-2/h3-12H,1-2H3;1-2H3. The van der Waals surface area contributed by atoms with Crippen molar-refractivity contribution >= 4 is 23.2 Å². The minimum absolute atomic E-state index is 0.773. The van der Waals surface area contributed by atoms with Gasteiger partial charge in [0.15, 0.2) is 0 Å². The van der Waals surface area contributed by atoms with E-state index in [4.69, 9.17) is 23.2 Å². The summed E-state index contributed by atoms with van der Waals surface area (Å²) in [6.07, 6.45) is 0. The predicted molar refractivity (Wildman–Crippen MR) is 108 cm³/mol. The zero-order chi connectivity index (χ0) is 17.7. The quantitative estimate of drug-likeness (QED) is 0.436. The van der Waals surface area contributed by atoms with Gasteiger partial charge in [-0.15, -0.1) is 0 Å². The first-order chi connectivity index (χ1) is 11.5. The fourth-order valence-electron chi connectivity index (χ4n) is 2.73. The van der Waals surface area contributed by atoms with E-state index in [1.165, 1.54) is 33.4 Å². The molecule has 0 unspecified atom stereocenters. The molecule has 0 amide bonds. The van der Waals surface area contributed by atoms with Gasteiger partial charge in [0, 0.05) is 10.0 Å². The summed E-state index contributed by atoms with van der Waals surface area (Å²) < 4.78 is 0. The van der Waals surface area contributed by atoms with E-state index >= 15 is 0 Å². The van der Waals surface area contributed by atoms with Gasteiger partial charge in [-0.05, 0) is 71.5 Å². The molecule has 0 spiro atoms. The summed E-state index contributed by atoms with van der Waals surface area (Å²) in [6, 6.07) is 20.6. The highest BCUT2D eigenvalue weighted by atomic mass is 35.5. The Morgan fingerprint density at radius 3 is 1.17 bits per heavy atom. The van der Waals surface area contributed by atoms with Crippen LogP contribution < -0.4 is 0 Å². The van der Waals surface area contributed by atoms with E-state index in [0.717, 1.165) is 10.0 Å². The van der Waals surface area contributed by atoms with Crippen LogP contribution in [0.15, 0.2) is 60.7 Å². The van der Waals surface area contributed by atoms with Crippen LogP contribution in [-0.4, -0.2) is 0 Å². The van der Waals surface area contributed by atoms with Gasteiger partial charge in [0.2, 0.25) is 0 Å². The van der Waals surface area contributed by atoms with E-state index < -0.39 is 0 Å². The first kappa shape index (κ1) is 18.6. The molecule has 3 rings (SSSR count). The highest BCUT2D eigenvalue weighted by Gasteiger charge is 2.05. The van der Waals surface area contributed by atoms with Crippen molar-refractivity contribution < 1.29 is 0 Å². The van der Waals surface area contributed by atoms with Crippen LogP contribution in [-0.2, 0) is 0 Å². The van der Waals surface area contributed by atoms with Gasteiger partial charge in [0.1, 0.15) is 0 Å². The van der Waals surface area contributed by atoms with E-state index in [1.54, 1.807) is 0 Å². The van der Waals surface area contributed by atoms with E-state index in [1.807, 2.05) is 38.1 Å². The first-order valence-electron chi connectivity index (χ1n) is 8.18. The highest BCUT2D eigenvalue weighted by molar-refractivity contribution is 6.31. The van der Waals surface area contributed by atoms with Crippen LogP contribution in [0.1, 0.15) is 25.0 Å². The molecule has 0 aliphatic heterocycles. The molecule has 0 aliphatic carbocycles. The number of aryl methyl sites for hydroxylation is 2. The van der Waals surface area contributed by atoms with Crippen molar-refractivity contribution in [1.82, 2.24) is 0 Å². The van der Waals surface area contributed by atoms with Crippen LogP contribution in [0.5, 0.6) is 0 Å². The highest BCUT2D eigenvalue weighted by Crippen LogP contribution is 2.30. The number of halogens is 2. The van der Waals surface area contributed by atoms with Crippen molar-refractivity contribution in [2.24, 2.45) is 0 Å². The van der Waals surface area contributed by atoms with Crippen LogP contribution in [0.4, 0.5) is 0 Å². The third-order valence-electron chi connectivity index (χ3n) is 3.88. The van der Waals surface area contributed by atoms with Gasteiger partial charge in [-0.1, -0.05) is 73.4 Å². The molecule has 0 aliphatic rings. The largest absolute Gasteiger partial charge is 0.0843 e. The molecule has 0 saturated carbocycles. The lowest BCUT2D eigenvalue weighted by atomic mass is 9.96. The summed E-state index contributed by atoms with van der Waals surface area (Å²) in [7, 11) is 0. The maximum Gasteiger partial charge on any atom is 0.0409 e. The number of hydrogen-bond donors (Lipinski definition) is 0. The lowest BCUT2D eigenvalue weighted by Crippen LogP contribution is -1.86. The zero-order valence-corrected chi connectivity index (χ0v) is 16.0. The van der Waals surface area contributed by atoms with Gasteiger partial charge in [0.05, 0.1) is 0 Å². The minimum atomic E-state index is 0.773. The van der Waals surface area contributed by atoms with Crippen molar-refractivity contribution in [1.29, 1.82) is 0 Å². The average molecular weight is 357 g/mol. The minimum Gasteiger partial charge on any atom is -0.0843 e. The predicted octanol–water partition coefficient (Wildman–Crippen LogP) is 7.97. The fraction of sp³-hybridized carbons (Fsp3) is 0.182. The monoisotopic (exact) mass is 356 g/mol. The van der Waals surface area contributed by atoms with Crippen molar-refractivity contribution in [2.45, 2.75) is 27.7 Å². The molecular formula is C22H22Cl2. The Kier molecular flexibility index (Phi) is 6.48. The van der Waals surface area contributed by atoms with Gasteiger partial charge in [-0.25, -0.2) is 0 Å². The van der Waals surface area contributed by atoms with E-state index in [0.29, 0.717) is 0 Å². The Labute approximate surface area is 155 Å². The fourth-order valence-corrected chi connectivity index (χ4v) is 3.18. The molecule has 2 heteroatoms. The normalized spacial score (nSPS) is 10.1. The Morgan fingerprint density at radius 2 is 0.875 bits per heavy atom. The van der Waals surface area contributed by atoms with Crippen molar-refractivity contribution in [3.63, 3.8) is 0 Å². The smallest absolute Gasteiger partial charge is 0.0409 e. The molecule has 0 heterocycles. The molecule has 3 aromatic carbocycles. The molecule has 3 aromatic rings. The van der Waals surface area contributed by atoms with E-state index in [-0.39, 0.29) is 0 Å². The summed E-state index contributed by atoms with van der Waals surface area (Å²) in [5.41, 5.74) is 7.19. The van der Waals surface area contributed by atoms with Gasteiger partial charge < -0.3 is 0 Å². The lowest BCUT2D eigenvalue weighted by molar-refractivity contribution is 1.44. The summed E-state index contributed by atoms with van der Waals surface area (Å²) in [5, 5.41) is 1.55. The Morgan fingerprint density at radius 1 is 0.542 bits per heavy atom. The summed E-state index contributed by atoms with van der Waals surface area (Å²) in [4.78, 5) is 0.